The fraction of sp³-hybridized carbons (Fsp3) is 0.241. The van der Waals surface area contributed by atoms with Crippen LogP contribution >= 0.6 is 0 Å². The van der Waals surface area contributed by atoms with Crippen LogP contribution in [0.2, 0.25) is 0 Å². The first-order valence-electron chi connectivity index (χ1n) is 12.0. The number of ether oxygens (including phenoxy) is 1. The molecule has 6 rings (SSSR count). The lowest BCUT2D eigenvalue weighted by Gasteiger charge is -2.42. The van der Waals surface area contributed by atoms with Crippen LogP contribution in [0.15, 0.2) is 83.4 Å². The van der Waals surface area contributed by atoms with Crippen LogP contribution in [0.25, 0.3) is 6.08 Å². The second-order valence-electron chi connectivity index (χ2n) is 9.56. The Morgan fingerprint density at radius 2 is 1.83 bits per heavy atom. The lowest BCUT2D eigenvalue weighted by atomic mass is 9.83. The molecule has 3 aliphatic rings. The van der Waals surface area contributed by atoms with Crippen molar-refractivity contribution in [2.24, 2.45) is 5.92 Å². The number of phenolic OH excluding ortho intramolecular Hbond substituents is 1. The van der Waals surface area contributed by atoms with Gasteiger partial charge in [-0.05, 0) is 42.2 Å². The number of phenols is 1. The third kappa shape index (κ3) is 4.00. The van der Waals surface area contributed by atoms with E-state index in [1.54, 1.807) is 30.4 Å². The smallest absolute Gasteiger partial charge is 0.250 e. The zero-order chi connectivity index (χ0) is 23.9. The highest BCUT2D eigenvalue weighted by atomic mass is 16.5. The molecule has 0 amide bonds. The molecule has 35 heavy (non-hydrogen) atoms. The van der Waals surface area contributed by atoms with E-state index in [0.717, 1.165) is 37.3 Å². The largest absolute Gasteiger partial charge is 0.507 e. The van der Waals surface area contributed by atoms with Crippen molar-refractivity contribution in [2.75, 3.05) is 13.1 Å². The van der Waals surface area contributed by atoms with E-state index in [4.69, 9.17) is 4.74 Å². The number of carbonyl (C=O) groups is 1. The number of hydrogen-bond donors (Lipinski definition) is 1. The maximum absolute atomic E-state index is 13.0. The van der Waals surface area contributed by atoms with Crippen molar-refractivity contribution in [1.82, 2.24) is 9.47 Å². The number of Topliss-reactive ketones (excluding diaryl/α,β-unsaturated/α-hetero) is 1. The highest BCUT2D eigenvalue weighted by Gasteiger charge is 2.36. The summed E-state index contributed by atoms with van der Waals surface area (Å²) in [5.74, 6) is 1.30. The zero-order valence-corrected chi connectivity index (χ0v) is 19.3. The first-order chi connectivity index (χ1) is 17.1. The summed E-state index contributed by atoms with van der Waals surface area (Å²) in [5.41, 5.74) is 3.30. The number of rotatable bonds is 4. The standard InChI is InChI=1S/C29H26N2O4/c32-25-13-12-22-28(34)26(10-4-8-19-6-2-1-3-7-19)35-29(22)23(25)18-30-15-20-14-21(17-30)24-9-5-11-27(33)31(24)16-20/h1-13,20-21,32H,14-18H2/b8-4+,26-10-/t20-,21+/m1/s1. The summed E-state index contributed by atoms with van der Waals surface area (Å²) >= 11 is 0. The highest BCUT2D eigenvalue weighted by Crippen LogP contribution is 2.41. The van der Waals surface area contributed by atoms with Crippen LogP contribution in [0.3, 0.4) is 0 Å². The minimum atomic E-state index is -0.178. The van der Waals surface area contributed by atoms with Crippen LogP contribution in [0, 0.1) is 5.92 Å². The molecule has 0 aliphatic carbocycles. The summed E-state index contributed by atoms with van der Waals surface area (Å²) < 4.78 is 7.92. The molecule has 1 N–H and O–H groups in total. The Kier molecular flexibility index (Phi) is 5.38. The minimum absolute atomic E-state index is 0.0664. The molecule has 2 aromatic carbocycles. The van der Waals surface area contributed by atoms with Gasteiger partial charge in [-0.2, -0.15) is 0 Å². The number of piperidine rings is 1. The van der Waals surface area contributed by atoms with Crippen molar-refractivity contribution in [1.29, 1.82) is 0 Å². The molecule has 6 nitrogen and oxygen atoms in total. The van der Waals surface area contributed by atoms with Crippen molar-refractivity contribution in [2.45, 2.75) is 25.4 Å². The van der Waals surface area contributed by atoms with Gasteiger partial charge < -0.3 is 14.4 Å². The molecule has 176 valence electrons. The van der Waals surface area contributed by atoms with E-state index in [2.05, 4.69) is 4.90 Å². The summed E-state index contributed by atoms with van der Waals surface area (Å²) in [6.07, 6.45) is 6.46. The molecule has 2 atom stereocenters. The van der Waals surface area contributed by atoms with Crippen LogP contribution in [0.5, 0.6) is 11.5 Å². The number of pyridine rings is 1. The lowest BCUT2D eigenvalue weighted by Crippen LogP contribution is -2.46. The average molecular weight is 467 g/mol. The summed E-state index contributed by atoms with van der Waals surface area (Å²) in [6, 6.07) is 18.6. The van der Waals surface area contributed by atoms with E-state index in [0.29, 0.717) is 29.3 Å². The van der Waals surface area contributed by atoms with E-state index in [9.17, 15) is 14.7 Å². The number of likely N-dealkylation sites (tertiary alicyclic amines) is 1. The highest BCUT2D eigenvalue weighted by molar-refractivity contribution is 6.12. The molecule has 0 spiro atoms. The van der Waals surface area contributed by atoms with Gasteiger partial charge in [0.1, 0.15) is 11.5 Å². The Bertz CT molecular complexity index is 1420. The van der Waals surface area contributed by atoms with Gasteiger partial charge in [-0.1, -0.05) is 48.6 Å². The van der Waals surface area contributed by atoms with Crippen molar-refractivity contribution in [3.05, 3.63) is 111 Å². The number of allylic oxidation sites excluding steroid dienone is 3. The van der Waals surface area contributed by atoms with Crippen LogP contribution in [0.4, 0.5) is 0 Å². The Balaban J connectivity index is 1.24. The number of ketones is 1. The molecule has 6 heteroatoms. The van der Waals surface area contributed by atoms with Gasteiger partial charge in [0, 0.05) is 43.9 Å². The summed E-state index contributed by atoms with van der Waals surface area (Å²) in [5, 5.41) is 10.7. The molecular weight excluding hydrogens is 440 g/mol. The molecule has 0 radical (unpaired) electrons. The Labute approximate surface area is 203 Å². The number of fused-ring (bicyclic) bond motifs is 5. The molecule has 3 aliphatic heterocycles. The van der Waals surface area contributed by atoms with Gasteiger partial charge in [-0.25, -0.2) is 0 Å². The normalized spacial score (nSPS) is 22.3. The first-order valence-corrected chi connectivity index (χ1v) is 12.0. The summed E-state index contributed by atoms with van der Waals surface area (Å²) in [7, 11) is 0. The molecule has 1 saturated heterocycles. The van der Waals surface area contributed by atoms with Crippen molar-refractivity contribution >= 4 is 11.9 Å². The number of hydrogen-bond acceptors (Lipinski definition) is 5. The van der Waals surface area contributed by atoms with Gasteiger partial charge in [0.25, 0.3) is 5.56 Å². The maximum atomic E-state index is 13.0. The van der Waals surface area contributed by atoms with E-state index >= 15 is 0 Å². The summed E-state index contributed by atoms with van der Waals surface area (Å²) in [6.45, 7) is 2.83. The van der Waals surface area contributed by atoms with Gasteiger partial charge >= 0.3 is 0 Å². The SMILES string of the molecule is O=C1/C(=C/C=C/c2ccccc2)Oc2c1ccc(O)c2CN1C[C@H]2C[C@@H](C1)c1cccc(=O)n1C2. The van der Waals surface area contributed by atoms with Gasteiger partial charge in [-0.15, -0.1) is 0 Å². The van der Waals surface area contributed by atoms with E-state index in [1.165, 1.54) is 0 Å². The topological polar surface area (TPSA) is 71.8 Å². The fourth-order valence-corrected chi connectivity index (χ4v) is 5.62. The Morgan fingerprint density at radius 1 is 0.971 bits per heavy atom. The molecule has 0 unspecified atom stereocenters. The molecule has 3 aromatic rings. The molecule has 1 aromatic heterocycles. The number of benzene rings is 2. The number of nitrogens with zero attached hydrogens (tertiary/aromatic N) is 2. The van der Waals surface area contributed by atoms with Gasteiger partial charge in [0.05, 0.1) is 11.1 Å². The van der Waals surface area contributed by atoms with Crippen LogP contribution in [-0.2, 0) is 13.1 Å². The van der Waals surface area contributed by atoms with Crippen LogP contribution < -0.4 is 10.3 Å². The third-order valence-electron chi connectivity index (χ3n) is 7.19. The number of aromatic hydroxyl groups is 1. The van der Waals surface area contributed by atoms with Gasteiger partial charge in [0.15, 0.2) is 5.76 Å². The van der Waals surface area contributed by atoms with E-state index < -0.39 is 0 Å². The Hall–Kier alpha value is -3.90. The first kappa shape index (κ1) is 21.6. The van der Waals surface area contributed by atoms with E-state index in [-0.39, 0.29) is 28.8 Å². The zero-order valence-electron chi connectivity index (χ0n) is 19.3. The predicted molar refractivity (Wildman–Crippen MR) is 133 cm³/mol. The number of carbonyl (C=O) groups excluding carboxylic acids is 1. The van der Waals surface area contributed by atoms with Crippen molar-refractivity contribution in [3.63, 3.8) is 0 Å². The average Bonchev–Trinajstić information content (AvgIpc) is 3.18. The summed E-state index contributed by atoms with van der Waals surface area (Å²) in [4.78, 5) is 27.6. The molecule has 4 heterocycles. The Morgan fingerprint density at radius 3 is 2.69 bits per heavy atom. The minimum Gasteiger partial charge on any atom is -0.507 e. The van der Waals surface area contributed by atoms with Gasteiger partial charge in [-0.3, -0.25) is 14.5 Å². The second kappa shape index (κ2) is 8.71. The van der Waals surface area contributed by atoms with E-state index in [1.807, 2.05) is 53.1 Å². The third-order valence-corrected chi connectivity index (χ3v) is 7.19. The fourth-order valence-electron chi connectivity index (χ4n) is 5.62. The van der Waals surface area contributed by atoms with Crippen molar-refractivity contribution in [3.8, 4) is 11.5 Å². The van der Waals surface area contributed by atoms with Crippen LogP contribution in [-0.4, -0.2) is 33.4 Å². The second-order valence-corrected chi connectivity index (χ2v) is 9.56. The van der Waals surface area contributed by atoms with Gasteiger partial charge in [0.2, 0.25) is 5.78 Å². The molecule has 1 fully saturated rings. The quantitative estimate of drug-likeness (QED) is 0.579. The monoisotopic (exact) mass is 466 g/mol. The van der Waals surface area contributed by atoms with Crippen LogP contribution in [0.1, 0.15) is 39.5 Å². The molecule has 2 bridgehead atoms. The maximum Gasteiger partial charge on any atom is 0.250 e. The number of aromatic nitrogens is 1. The molecular formula is C29H26N2O4. The van der Waals surface area contributed by atoms with Crippen molar-refractivity contribution < 1.29 is 14.6 Å². The predicted octanol–water partition coefficient (Wildman–Crippen LogP) is 4.35. The lowest BCUT2D eigenvalue weighted by molar-refractivity contribution is 0.101. The molecule has 0 saturated carbocycles.